The minimum atomic E-state index is 0.0396. The van der Waals surface area contributed by atoms with Gasteiger partial charge in [0.2, 0.25) is 0 Å². The highest BCUT2D eigenvalue weighted by atomic mass is 127. The Morgan fingerprint density at radius 1 is 1.30 bits per heavy atom. The van der Waals surface area contributed by atoms with Gasteiger partial charge in [0.05, 0.1) is 0 Å². The van der Waals surface area contributed by atoms with Gasteiger partial charge in [-0.15, -0.1) is 0 Å². The summed E-state index contributed by atoms with van der Waals surface area (Å²) in [7, 11) is 0. The summed E-state index contributed by atoms with van der Waals surface area (Å²) in [6.07, 6.45) is 1.06. The molecule has 4 heteroatoms. The summed E-state index contributed by atoms with van der Waals surface area (Å²) >= 11 is 5.67. The predicted octanol–water partition coefficient (Wildman–Crippen LogP) is 4.61. The summed E-state index contributed by atoms with van der Waals surface area (Å²) in [5.41, 5.74) is 2.53. The van der Waals surface area contributed by atoms with Crippen LogP contribution in [0.25, 0.3) is 0 Å². The standard InChI is InChI=1S/C16H12BrIO2/c1-9-6-11-7-10(2-5-15(11)20-9)16(19)13-8-12(18)3-4-14(13)17/h2-5,7-9H,6H2,1H3. The number of benzene rings is 2. The number of carbonyl (C=O) groups excluding carboxylic acids is 1. The Morgan fingerprint density at radius 2 is 2.10 bits per heavy atom. The largest absolute Gasteiger partial charge is 0.490 e. The fourth-order valence-corrected chi connectivity index (χ4v) is 3.31. The lowest BCUT2D eigenvalue weighted by Crippen LogP contribution is -2.05. The minimum Gasteiger partial charge on any atom is -0.490 e. The van der Waals surface area contributed by atoms with Crippen LogP contribution in [0.15, 0.2) is 40.9 Å². The summed E-state index contributed by atoms with van der Waals surface area (Å²) in [6, 6.07) is 11.5. The molecule has 1 heterocycles. The van der Waals surface area contributed by atoms with E-state index >= 15 is 0 Å². The first-order valence-electron chi connectivity index (χ1n) is 6.34. The van der Waals surface area contributed by atoms with Crippen molar-refractivity contribution in [3.63, 3.8) is 0 Å². The highest BCUT2D eigenvalue weighted by Gasteiger charge is 2.21. The molecule has 0 N–H and O–H groups in total. The first kappa shape index (κ1) is 14.1. The number of halogens is 2. The van der Waals surface area contributed by atoms with E-state index in [1.807, 2.05) is 43.3 Å². The molecule has 0 aromatic heterocycles. The van der Waals surface area contributed by atoms with E-state index in [-0.39, 0.29) is 11.9 Å². The first-order chi connectivity index (χ1) is 9.54. The number of hydrogen-bond donors (Lipinski definition) is 0. The van der Waals surface area contributed by atoms with E-state index < -0.39 is 0 Å². The maximum Gasteiger partial charge on any atom is 0.194 e. The van der Waals surface area contributed by atoms with Gasteiger partial charge in [0.25, 0.3) is 0 Å². The molecule has 0 saturated heterocycles. The molecule has 0 spiro atoms. The second kappa shape index (κ2) is 5.48. The Balaban J connectivity index is 1.99. The van der Waals surface area contributed by atoms with Gasteiger partial charge in [-0.2, -0.15) is 0 Å². The van der Waals surface area contributed by atoms with Gasteiger partial charge in [-0.25, -0.2) is 0 Å². The second-order valence-corrected chi connectivity index (χ2v) is 7.01. The van der Waals surface area contributed by atoms with Crippen molar-refractivity contribution in [3.05, 3.63) is 61.1 Å². The van der Waals surface area contributed by atoms with E-state index in [2.05, 4.69) is 38.5 Å². The van der Waals surface area contributed by atoms with E-state index in [1.54, 1.807) is 0 Å². The molecule has 2 aromatic carbocycles. The van der Waals surface area contributed by atoms with Crippen molar-refractivity contribution in [2.75, 3.05) is 0 Å². The molecule has 0 aliphatic carbocycles. The van der Waals surface area contributed by atoms with Crippen LogP contribution in [-0.4, -0.2) is 11.9 Å². The molecule has 3 rings (SSSR count). The average Bonchev–Trinajstić information content (AvgIpc) is 2.79. The lowest BCUT2D eigenvalue weighted by Gasteiger charge is -2.06. The monoisotopic (exact) mass is 442 g/mol. The third kappa shape index (κ3) is 2.63. The van der Waals surface area contributed by atoms with Crippen LogP contribution in [0.1, 0.15) is 28.4 Å². The third-order valence-corrected chi connectivity index (χ3v) is 4.69. The molecule has 2 aromatic rings. The van der Waals surface area contributed by atoms with E-state index in [9.17, 15) is 4.79 Å². The smallest absolute Gasteiger partial charge is 0.194 e. The van der Waals surface area contributed by atoms with E-state index in [1.165, 1.54) is 0 Å². The van der Waals surface area contributed by atoms with Gasteiger partial charge in [-0.05, 0) is 71.5 Å². The van der Waals surface area contributed by atoms with Crippen LogP contribution in [-0.2, 0) is 6.42 Å². The SMILES string of the molecule is CC1Cc2cc(C(=O)c3cc(I)ccc3Br)ccc2O1. The van der Waals surface area contributed by atoms with Crippen molar-refractivity contribution >= 4 is 44.3 Å². The lowest BCUT2D eigenvalue weighted by atomic mass is 10.00. The van der Waals surface area contributed by atoms with Crippen molar-refractivity contribution in [3.8, 4) is 5.75 Å². The summed E-state index contributed by atoms with van der Waals surface area (Å²) in [5.74, 6) is 0.938. The molecule has 1 aliphatic rings. The van der Waals surface area contributed by atoms with Crippen molar-refractivity contribution in [1.29, 1.82) is 0 Å². The zero-order valence-electron chi connectivity index (χ0n) is 10.8. The lowest BCUT2D eigenvalue weighted by molar-refractivity contribution is 0.103. The predicted molar refractivity (Wildman–Crippen MR) is 90.5 cm³/mol. The maximum atomic E-state index is 12.6. The number of hydrogen-bond acceptors (Lipinski definition) is 2. The fraction of sp³-hybridized carbons (Fsp3) is 0.188. The third-order valence-electron chi connectivity index (χ3n) is 3.33. The molecule has 0 fully saturated rings. The number of rotatable bonds is 2. The van der Waals surface area contributed by atoms with E-state index in [0.29, 0.717) is 11.1 Å². The normalized spacial score (nSPS) is 16.6. The van der Waals surface area contributed by atoms with Crippen LogP contribution < -0.4 is 4.74 Å². The fourth-order valence-electron chi connectivity index (χ4n) is 2.39. The molecule has 1 unspecified atom stereocenters. The number of ketones is 1. The molecule has 102 valence electrons. The summed E-state index contributed by atoms with van der Waals surface area (Å²) < 4.78 is 7.54. The second-order valence-electron chi connectivity index (χ2n) is 4.91. The van der Waals surface area contributed by atoms with Crippen molar-refractivity contribution in [2.45, 2.75) is 19.4 Å². The van der Waals surface area contributed by atoms with Crippen LogP contribution >= 0.6 is 38.5 Å². The van der Waals surface area contributed by atoms with Crippen LogP contribution in [0.2, 0.25) is 0 Å². The minimum absolute atomic E-state index is 0.0396. The van der Waals surface area contributed by atoms with E-state index in [4.69, 9.17) is 4.74 Å². The van der Waals surface area contributed by atoms with Gasteiger partial charge < -0.3 is 4.74 Å². The van der Waals surface area contributed by atoms with Gasteiger partial charge in [-0.3, -0.25) is 4.79 Å². The molecular formula is C16H12BrIO2. The van der Waals surface area contributed by atoms with Crippen LogP contribution in [0.3, 0.4) is 0 Å². The number of fused-ring (bicyclic) bond motifs is 1. The van der Waals surface area contributed by atoms with Crippen LogP contribution in [0.4, 0.5) is 0 Å². The van der Waals surface area contributed by atoms with Crippen LogP contribution in [0.5, 0.6) is 5.75 Å². The highest BCUT2D eigenvalue weighted by molar-refractivity contribution is 14.1. The summed E-state index contributed by atoms with van der Waals surface area (Å²) in [4.78, 5) is 12.6. The molecule has 0 bridgehead atoms. The van der Waals surface area contributed by atoms with Gasteiger partial charge in [-0.1, -0.05) is 15.9 Å². The quantitative estimate of drug-likeness (QED) is 0.501. The van der Waals surface area contributed by atoms with Crippen molar-refractivity contribution in [2.24, 2.45) is 0 Å². The Morgan fingerprint density at radius 3 is 2.90 bits per heavy atom. The van der Waals surface area contributed by atoms with Crippen molar-refractivity contribution in [1.82, 2.24) is 0 Å². The zero-order chi connectivity index (χ0) is 14.3. The van der Waals surface area contributed by atoms with E-state index in [0.717, 1.165) is 25.8 Å². The van der Waals surface area contributed by atoms with Gasteiger partial charge in [0, 0.05) is 25.6 Å². The molecule has 0 amide bonds. The molecular weight excluding hydrogens is 431 g/mol. The Labute approximate surface area is 139 Å². The Hall–Kier alpha value is -0.880. The average molecular weight is 443 g/mol. The zero-order valence-corrected chi connectivity index (χ0v) is 14.6. The van der Waals surface area contributed by atoms with Gasteiger partial charge in [0.15, 0.2) is 5.78 Å². The maximum absolute atomic E-state index is 12.6. The molecule has 20 heavy (non-hydrogen) atoms. The summed E-state index contributed by atoms with van der Waals surface area (Å²) in [5, 5.41) is 0. The van der Waals surface area contributed by atoms with Crippen LogP contribution in [0, 0.1) is 3.57 Å². The van der Waals surface area contributed by atoms with Gasteiger partial charge in [0.1, 0.15) is 11.9 Å². The topological polar surface area (TPSA) is 26.3 Å². The van der Waals surface area contributed by atoms with Gasteiger partial charge >= 0.3 is 0 Å². The highest BCUT2D eigenvalue weighted by Crippen LogP contribution is 2.31. The molecule has 1 atom stereocenters. The molecule has 2 nitrogen and oxygen atoms in total. The first-order valence-corrected chi connectivity index (χ1v) is 8.21. The summed E-state index contributed by atoms with van der Waals surface area (Å²) in [6.45, 7) is 2.04. The Bertz CT molecular complexity index is 697. The molecule has 1 aliphatic heterocycles. The number of carbonyl (C=O) groups is 1. The molecule has 0 radical (unpaired) electrons. The van der Waals surface area contributed by atoms with Crippen molar-refractivity contribution < 1.29 is 9.53 Å². The number of ether oxygens (including phenoxy) is 1. The molecule has 0 saturated carbocycles. The Kier molecular flexibility index (Phi) is 3.86.